The molecule has 0 aliphatic carbocycles. The van der Waals surface area contributed by atoms with Crippen molar-refractivity contribution in [3.05, 3.63) is 41.6 Å². The first-order valence-corrected chi connectivity index (χ1v) is 9.25. The van der Waals surface area contributed by atoms with Gasteiger partial charge in [0.1, 0.15) is 18.4 Å². The van der Waals surface area contributed by atoms with E-state index < -0.39 is 0 Å². The molecule has 1 unspecified atom stereocenters. The number of fused-ring (bicyclic) bond motifs is 2. The molecule has 128 valence electrons. The van der Waals surface area contributed by atoms with Gasteiger partial charge in [-0.3, -0.25) is 0 Å². The number of quaternary nitrogens is 1. The van der Waals surface area contributed by atoms with Crippen LogP contribution in [0.2, 0.25) is 5.02 Å². The molecule has 1 aromatic carbocycles. The Bertz CT molecular complexity index is 738. The Morgan fingerprint density at radius 2 is 2.04 bits per heavy atom. The van der Waals surface area contributed by atoms with Crippen LogP contribution in [0.25, 0.3) is 0 Å². The minimum absolute atomic E-state index is 0.189. The molecule has 1 atom stereocenters. The molecule has 24 heavy (non-hydrogen) atoms. The SMILES string of the molecule is CC(CN1c2ccccc2Sc2cc(Cl)cnc21)[N+](C)(C)CCO. The molecular formula is C18H23ClN3OS+. The number of aliphatic hydroxyl groups excluding tert-OH is 1. The van der Waals surface area contributed by atoms with E-state index in [2.05, 4.69) is 55.2 Å². The molecule has 6 heteroatoms. The zero-order valence-electron chi connectivity index (χ0n) is 14.2. The second kappa shape index (κ2) is 6.92. The molecule has 0 radical (unpaired) electrons. The van der Waals surface area contributed by atoms with Crippen molar-refractivity contribution >= 4 is 34.9 Å². The van der Waals surface area contributed by atoms with Crippen molar-refractivity contribution in [1.29, 1.82) is 0 Å². The Balaban J connectivity index is 1.98. The maximum Gasteiger partial charge on any atom is 0.147 e. The Hall–Kier alpha value is -1.27. The average Bonchev–Trinajstić information content (AvgIpc) is 2.54. The van der Waals surface area contributed by atoms with Crippen LogP contribution in [0.1, 0.15) is 6.92 Å². The fraction of sp³-hybridized carbons (Fsp3) is 0.389. The van der Waals surface area contributed by atoms with Gasteiger partial charge in [0.2, 0.25) is 0 Å². The highest BCUT2D eigenvalue weighted by Crippen LogP contribution is 2.47. The highest BCUT2D eigenvalue weighted by Gasteiger charge is 2.31. The van der Waals surface area contributed by atoms with Gasteiger partial charge in [-0.05, 0) is 25.1 Å². The van der Waals surface area contributed by atoms with Crippen LogP contribution in [0.5, 0.6) is 0 Å². The minimum Gasteiger partial charge on any atom is -0.391 e. The van der Waals surface area contributed by atoms with Gasteiger partial charge in [0.25, 0.3) is 0 Å². The van der Waals surface area contributed by atoms with Crippen molar-refractivity contribution in [2.45, 2.75) is 22.8 Å². The van der Waals surface area contributed by atoms with Crippen molar-refractivity contribution in [3.8, 4) is 0 Å². The van der Waals surface area contributed by atoms with E-state index in [-0.39, 0.29) is 6.61 Å². The van der Waals surface area contributed by atoms with Gasteiger partial charge >= 0.3 is 0 Å². The Morgan fingerprint density at radius 3 is 2.79 bits per heavy atom. The van der Waals surface area contributed by atoms with E-state index in [4.69, 9.17) is 11.6 Å². The highest BCUT2D eigenvalue weighted by atomic mass is 35.5. The van der Waals surface area contributed by atoms with Gasteiger partial charge < -0.3 is 14.5 Å². The van der Waals surface area contributed by atoms with Gasteiger partial charge in [0.05, 0.1) is 42.9 Å². The van der Waals surface area contributed by atoms with Crippen molar-refractivity contribution in [2.24, 2.45) is 0 Å². The first-order valence-electron chi connectivity index (χ1n) is 8.06. The number of rotatable bonds is 5. The summed E-state index contributed by atoms with van der Waals surface area (Å²) in [7, 11) is 4.31. The summed E-state index contributed by atoms with van der Waals surface area (Å²) in [5.41, 5.74) is 1.18. The second-order valence-electron chi connectivity index (χ2n) is 6.73. The first-order chi connectivity index (χ1) is 11.4. The number of anilines is 2. The van der Waals surface area contributed by atoms with Gasteiger partial charge in [-0.2, -0.15) is 0 Å². The van der Waals surface area contributed by atoms with Gasteiger partial charge in [0, 0.05) is 11.1 Å². The molecule has 0 amide bonds. The zero-order valence-corrected chi connectivity index (χ0v) is 15.8. The lowest BCUT2D eigenvalue weighted by Crippen LogP contribution is -2.53. The van der Waals surface area contributed by atoms with Crippen LogP contribution in [0.3, 0.4) is 0 Å². The number of aromatic nitrogens is 1. The lowest BCUT2D eigenvalue weighted by atomic mass is 10.2. The fourth-order valence-corrected chi connectivity index (χ4v) is 4.17. The molecule has 0 fully saturated rings. The molecule has 1 aliphatic heterocycles. The lowest BCUT2D eigenvalue weighted by molar-refractivity contribution is -0.911. The van der Waals surface area contributed by atoms with Gasteiger partial charge in [-0.15, -0.1) is 0 Å². The molecule has 2 heterocycles. The fourth-order valence-electron chi connectivity index (χ4n) is 2.84. The van der Waals surface area contributed by atoms with Crippen LogP contribution < -0.4 is 4.90 Å². The number of likely N-dealkylation sites (N-methyl/N-ethyl adjacent to an activating group) is 1. The smallest absolute Gasteiger partial charge is 0.147 e. The van der Waals surface area contributed by atoms with Crippen molar-refractivity contribution < 1.29 is 9.59 Å². The third kappa shape index (κ3) is 3.40. The van der Waals surface area contributed by atoms with Crippen LogP contribution in [0, 0.1) is 0 Å². The third-order valence-corrected chi connectivity index (χ3v) is 6.04. The molecule has 2 aromatic rings. The van der Waals surface area contributed by atoms with Crippen LogP contribution in [-0.2, 0) is 0 Å². The molecule has 0 saturated carbocycles. The number of pyridine rings is 1. The van der Waals surface area contributed by atoms with E-state index in [9.17, 15) is 5.11 Å². The largest absolute Gasteiger partial charge is 0.391 e. The first kappa shape index (κ1) is 17.5. The number of halogens is 1. The minimum atomic E-state index is 0.189. The Labute approximate surface area is 152 Å². The summed E-state index contributed by atoms with van der Waals surface area (Å²) in [6, 6.07) is 10.7. The number of hydrogen-bond donors (Lipinski definition) is 1. The summed E-state index contributed by atoms with van der Waals surface area (Å²) in [5, 5.41) is 10.0. The summed E-state index contributed by atoms with van der Waals surface area (Å²) >= 11 is 7.86. The number of aliphatic hydroxyl groups is 1. The highest BCUT2D eigenvalue weighted by molar-refractivity contribution is 7.99. The third-order valence-electron chi connectivity index (χ3n) is 4.75. The Kier molecular flexibility index (Phi) is 5.06. The zero-order chi connectivity index (χ0) is 17.3. The van der Waals surface area contributed by atoms with Crippen LogP contribution in [0.15, 0.2) is 46.3 Å². The summed E-state index contributed by atoms with van der Waals surface area (Å²) in [4.78, 5) is 9.17. The number of nitrogens with zero attached hydrogens (tertiary/aromatic N) is 3. The van der Waals surface area contributed by atoms with E-state index in [1.54, 1.807) is 18.0 Å². The summed E-state index contributed by atoms with van der Waals surface area (Å²) in [6.45, 7) is 3.96. The summed E-state index contributed by atoms with van der Waals surface area (Å²) in [6.07, 6.45) is 1.71. The van der Waals surface area contributed by atoms with E-state index in [0.29, 0.717) is 11.1 Å². The van der Waals surface area contributed by atoms with Gasteiger partial charge in [-0.25, -0.2) is 4.98 Å². The molecule has 1 N–H and O–H groups in total. The van der Waals surface area contributed by atoms with Gasteiger partial charge in [0.15, 0.2) is 0 Å². The maximum absolute atomic E-state index is 9.34. The monoisotopic (exact) mass is 364 g/mol. The molecule has 1 aromatic heterocycles. The maximum atomic E-state index is 9.34. The van der Waals surface area contributed by atoms with E-state index in [0.717, 1.165) is 28.3 Å². The molecule has 1 aliphatic rings. The number of benzene rings is 1. The van der Waals surface area contributed by atoms with Gasteiger partial charge in [-0.1, -0.05) is 35.5 Å². The summed E-state index contributed by atoms with van der Waals surface area (Å²) < 4.78 is 0.755. The predicted molar refractivity (Wildman–Crippen MR) is 100 cm³/mol. The van der Waals surface area contributed by atoms with Crippen molar-refractivity contribution in [2.75, 3.05) is 38.7 Å². The normalized spacial score (nSPS) is 15.0. The molecule has 3 rings (SSSR count). The molecule has 0 saturated heterocycles. The average molecular weight is 365 g/mol. The van der Waals surface area contributed by atoms with Crippen LogP contribution >= 0.6 is 23.4 Å². The number of hydrogen-bond acceptors (Lipinski definition) is 4. The molecular weight excluding hydrogens is 342 g/mol. The molecule has 0 bridgehead atoms. The topological polar surface area (TPSA) is 36.4 Å². The predicted octanol–water partition coefficient (Wildman–Crippen LogP) is 3.79. The summed E-state index contributed by atoms with van der Waals surface area (Å²) in [5.74, 6) is 0.957. The van der Waals surface area contributed by atoms with Crippen LogP contribution in [-0.4, -0.2) is 54.4 Å². The standard InChI is InChI=1S/C18H23ClN3OS/c1-13(22(2,3)8-9-23)12-21-15-6-4-5-7-16(15)24-17-10-14(19)11-20-18(17)21/h4-7,10-11,13,23H,8-9,12H2,1-3H3/q+1. The number of para-hydroxylation sites is 1. The van der Waals surface area contributed by atoms with Crippen LogP contribution in [0.4, 0.5) is 11.5 Å². The molecule has 4 nitrogen and oxygen atoms in total. The quantitative estimate of drug-likeness (QED) is 0.819. The van der Waals surface area contributed by atoms with E-state index in [1.165, 1.54) is 10.6 Å². The van der Waals surface area contributed by atoms with E-state index >= 15 is 0 Å². The van der Waals surface area contributed by atoms with E-state index in [1.807, 2.05) is 6.07 Å². The Morgan fingerprint density at radius 1 is 1.29 bits per heavy atom. The molecule has 0 spiro atoms. The second-order valence-corrected chi connectivity index (χ2v) is 8.25. The van der Waals surface area contributed by atoms with Crippen molar-refractivity contribution in [3.63, 3.8) is 0 Å². The lowest BCUT2D eigenvalue weighted by Gasteiger charge is -2.40. The van der Waals surface area contributed by atoms with Crippen molar-refractivity contribution in [1.82, 2.24) is 4.98 Å².